The van der Waals surface area contributed by atoms with Crippen molar-refractivity contribution >= 4 is 11.9 Å². The first-order chi connectivity index (χ1) is 14.3. The van der Waals surface area contributed by atoms with Gasteiger partial charge in [0.25, 0.3) is 5.91 Å². The summed E-state index contributed by atoms with van der Waals surface area (Å²) >= 11 is 0. The predicted octanol–water partition coefficient (Wildman–Crippen LogP) is 3.94. The molecule has 1 N–H and O–H groups in total. The van der Waals surface area contributed by atoms with Gasteiger partial charge in [-0.15, -0.1) is 0 Å². The molecule has 1 amide bonds. The maximum atomic E-state index is 12.6. The molecule has 30 heavy (non-hydrogen) atoms. The fourth-order valence-corrected chi connectivity index (χ4v) is 2.72. The van der Waals surface area contributed by atoms with E-state index in [1.54, 1.807) is 0 Å². The summed E-state index contributed by atoms with van der Waals surface area (Å²) in [5.41, 5.74) is 2.05. The first kappa shape index (κ1) is 23.1. The number of hydrogen-bond donors (Lipinski definition) is 1. The molecule has 0 unspecified atom stereocenters. The number of hydrogen-bond acceptors (Lipinski definition) is 5. The number of benzene rings is 2. The monoisotopic (exact) mass is 421 g/mol. The Morgan fingerprint density at radius 2 is 1.77 bits per heavy atom. The van der Waals surface area contributed by atoms with Gasteiger partial charge >= 0.3 is 12.6 Å². The van der Waals surface area contributed by atoms with E-state index in [2.05, 4.69) is 36.0 Å². The standard InChI is InChI=1S/C22H25F2NO5/c1-14(2)16-9-7-15(8-10-16)11-12-25-19(26)13-29-21(27)17-5-4-6-18(28-3)20(17)30-22(23)24/h4-10,14,22H,11-13H2,1-3H3,(H,25,26). The molecule has 0 heterocycles. The van der Waals surface area contributed by atoms with Crippen molar-refractivity contribution in [1.82, 2.24) is 5.32 Å². The van der Waals surface area contributed by atoms with Crippen LogP contribution in [0.25, 0.3) is 0 Å². The lowest BCUT2D eigenvalue weighted by Crippen LogP contribution is -2.30. The summed E-state index contributed by atoms with van der Waals surface area (Å²) in [6.07, 6.45) is 0.625. The van der Waals surface area contributed by atoms with E-state index in [1.807, 2.05) is 12.1 Å². The second-order valence-corrected chi connectivity index (χ2v) is 6.79. The minimum Gasteiger partial charge on any atom is -0.493 e. The highest BCUT2D eigenvalue weighted by Gasteiger charge is 2.22. The molecule has 0 radical (unpaired) electrons. The molecule has 0 spiro atoms. The fourth-order valence-electron chi connectivity index (χ4n) is 2.72. The maximum absolute atomic E-state index is 12.6. The Hall–Kier alpha value is -3.16. The number of esters is 1. The molecule has 0 aliphatic rings. The molecule has 0 bridgehead atoms. The molecule has 0 aliphatic heterocycles. The molecule has 0 atom stereocenters. The molecule has 0 saturated heterocycles. The number of para-hydroxylation sites is 1. The number of rotatable bonds is 10. The minimum absolute atomic E-state index is 0.0438. The van der Waals surface area contributed by atoms with E-state index in [1.165, 1.54) is 30.9 Å². The maximum Gasteiger partial charge on any atom is 0.387 e. The summed E-state index contributed by atoms with van der Waals surface area (Å²) in [6.45, 7) is 0.910. The van der Waals surface area contributed by atoms with Crippen LogP contribution < -0.4 is 14.8 Å². The molecule has 0 fully saturated rings. The Morgan fingerprint density at radius 3 is 2.37 bits per heavy atom. The van der Waals surface area contributed by atoms with Crippen LogP contribution in [0.3, 0.4) is 0 Å². The Bertz CT molecular complexity index is 853. The third kappa shape index (κ3) is 6.72. The molecule has 0 aliphatic carbocycles. The molecule has 2 aromatic rings. The highest BCUT2D eigenvalue weighted by molar-refractivity contribution is 5.95. The van der Waals surface area contributed by atoms with E-state index < -0.39 is 30.8 Å². The summed E-state index contributed by atoms with van der Waals surface area (Å²) in [7, 11) is 1.26. The van der Waals surface area contributed by atoms with Crippen molar-refractivity contribution < 1.29 is 32.6 Å². The van der Waals surface area contributed by atoms with Crippen LogP contribution in [0.2, 0.25) is 0 Å². The molecule has 6 nitrogen and oxygen atoms in total. The van der Waals surface area contributed by atoms with Crippen LogP contribution >= 0.6 is 0 Å². The van der Waals surface area contributed by atoms with Crippen LogP contribution in [0.1, 0.15) is 41.3 Å². The van der Waals surface area contributed by atoms with E-state index in [9.17, 15) is 18.4 Å². The SMILES string of the molecule is COc1cccc(C(=O)OCC(=O)NCCc2ccc(C(C)C)cc2)c1OC(F)F. The summed E-state index contributed by atoms with van der Waals surface area (Å²) in [5.74, 6) is -1.50. The van der Waals surface area contributed by atoms with Gasteiger partial charge in [-0.3, -0.25) is 4.79 Å². The molecule has 8 heteroatoms. The zero-order valence-corrected chi connectivity index (χ0v) is 17.1. The number of ether oxygens (including phenoxy) is 3. The third-order valence-corrected chi connectivity index (χ3v) is 4.34. The van der Waals surface area contributed by atoms with Gasteiger partial charge in [0.15, 0.2) is 18.1 Å². The average Bonchev–Trinajstić information content (AvgIpc) is 2.72. The van der Waals surface area contributed by atoms with Crippen LogP contribution in [0.4, 0.5) is 8.78 Å². The number of nitrogens with one attached hydrogen (secondary N) is 1. The Balaban J connectivity index is 1.85. The van der Waals surface area contributed by atoms with E-state index in [4.69, 9.17) is 9.47 Å². The van der Waals surface area contributed by atoms with Gasteiger partial charge in [0.2, 0.25) is 0 Å². The lowest BCUT2D eigenvalue weighted by Gasteiger charge is -2.13. The van der Waals surface area contributed by atoms with Gasteiger partial charge in [0, 0.05) is 6.54 Å². The topological polar surface area (TPSA) is 73.9 Å². The van der Waals surface area contributed by atoms with Crippen LogP contribution in [-0.2, 0) is 16.0 Å². The first-order valence-corrected chi connectivity index (χ1v) is 9.46. The third-order valence-electron chi connectivity index (χ3n) is 4.34. The quantitative estimate of drug-likeness (QED) is 0.589. The van der Waals surface area contributed by atoms with Crippen molar-refractivity contribution in [2.75, 3.05) is 20.3 Å². The van der Waals surface area contributed by atoms with E-state index in [0.717, 1.165) is 5.56 Å². The molecule has 2 rings (SSSR count). The summed E-state index contributed by atoms with van der Waals surface area (Å²) < 4.78 is 39.5. The van der Waals surface area contributed by atoms with Crippen molar-refractivity contribution in [3.05, 3.63) is 59.2 Å². The van der Waals surface area contributed by atoms with Crippen molar-refractivity contribution in [2.45, 2.75) is 32.8 Å². The second kappa shape index (κ2) is 11.1. The van der Waals surface area contributed by atoms with Crippen LogP contribution in [0.5, 0.6) is 11.5 Å². The lowest BCUT2D eigenvalue weighted by atomic mass is 10.0. The van der Waals surface area contributed by atoms with Gasteiger partial charge in [-0.25, -0.2) is 4.79 Å². The summed E-state index contributed by atoms with van der Waals surface area (Å²) in [6, 6.07) is 12.2. The number of amides is 1. The van der Waals surface area contributed by atoms with E-state index >= 15 is 0 Å². The van der Waals surface area contributed by atoms with Gasteiger partial charge in [0.1, 0.15) is 5.56 Å². The second-order valence-electron chi connectivity index (χ2n) is 6.79. The predicted molar refractivity (Wildman–Crippen MR) is 107 cm³/mol. The number of carbonyl (C=O) groups excluding carboxylic acids is 2. The summed E-state index contributed by atoms with van der Waals surface area (Å²) in [5, 5.41) is 2.65. The molecule has 0 saturated carbocycles. The van der Waals surface area contributed by atoms with Gasteiger partial charge in [-0.05, 0) is 35.6 Å². The largest absolute Gasteiger partial charge is 0.493 e. The van der Waals surface area contributed by atoms with Crippen LogP contribution in [0, 0.1) is 0 Å². The smallest absolute Gasteiger partial charge is 0.387 e. The number of alkyl halides is 2. The first-order valence-electron chi connectivity index (χ1n) is 9.46. The number of methoxy groups -OCH3 is 1. The van der Waals surface area contributed by atoms with Crippen molar-refractivity contribution in [1.29, 1.82) is 0 Å². The Morgan fingerprint density at radius 1 is 1.07 bits per heavy atom. The van der Waals surface area contributed by atoms with Gasteiger partial charge < -0.3 is 19.5 Å². The zero-order valence-electron chi connectivity index (χ0n) is 17.1. The normalized spacial score (nSPS) is 10.8. The number of carbonyl (C=O) groups is 2. The van der Waals surface area contributed by atoms with Crippen molar-refractivity contribution in [2.24, 2.45) is 0 Å². The Kier molecular flexibility index (Phi) is 8.58. The van der Waals surface area contributed by atoms with E-state index in [0.29, 0.717) is 18.9 Å². The molecule has 0 aromatic heterocycles. The lowest BCUT2D eigenvalue weighted by molar-refractivity contribution is -0.124. The van der Waals surface area contributed by atoms with Crippen molar-refractivity contribution in [3.8, 4) is 11.5 Å². The van der Waals surface area contributed by atoms with Crippen molar-refractivity contribution in [3.63, 3.8) is 0 Å². The van der Waals surface area contributed by atoms with Crippen LogP contribution in [0.15, 0.2) is 42.5 Å². The molecule has 162 valence electrons. The van der Waals surface area contributed by atoms with E-state index in [-0.39, 0.29) is 11.3 Å². The summed E-state index contributed by atoms with van der Waals surface area (Å²) in [4.78, 5) is 24.2. The van der Waals surface area contributed by atoms with Gasteiger partial charge in [0.05, 0.1) is 7.11 Å². The van der Waals surface area contributed by atoms with Gasteiger partial charge in [-0.1, -0.05) is 44.2 Å². The highest BCUT2D eigenvalue weighted by atomic mass is 19.3. The fraction of sp³-hybridized carbons (Fsp3) is 0.364. The zero-order chi connectivity index (χ0) is 22.1. The highest BCUT2D eigenvalue weighted by Crippen LogP contribution is 2.32. The average molecular weight is 421 g/mol. The number of halogens is 2. The van der Waals surface area contributed by atoms with Crippen LogP contribution in [-0.4, -0.2) is 38.7 Å². The minimum atomic E-state index is -3.15. The molecular formula is C22H25F2NO5. The molecule has 2 aromatic carbocycles. The Labute approximate surface area is 174 Å². The van der Waals surface area contributed by atoms with Gasteiger partial charge in [-0.2, -0.15) is 8.78 Å². The molecular weight excluding hydrogens is 396 g/mol.